The summed E-state index contributed by atoms with van der Waals surface area (Å²) in [6, 6.07) is -0.0800. The number of aliphatic hydroxyl groups excluding tert-OH is 1. The van der Waals surface area contributed by atoms with Crippen molar-refractivity contribution in [2.45, 2.75) is 25.8 Å². The molecule has 0 aliphatic carbocycles. The van der Waals surface area contributed by atoms with Crippen molar-refractivity contribution in [3.8, 4) is 0 Å². The molecule has 1 heterocycles. The number of hydrogen-bond acceptors (Lipinski definition) is 3. The van der Waals surface area contributed by atoms with E-state index >= 15 is 0 Å². The highest BCUT2D eigenvalue weighted by molar-refractivity contribution is 5.81. The van der Waals surface area contributed by atoms with Crippen LogP contribution in [-0.4, -0.2) is 48.2 Å². The predicted octanol–water partition coefficient (Wildman–Crippen LogP) is 0.381. The molecule has 2 unspecified atom stereocenters. The number of rotatable bonds is 6. The van der Waals surface area contributed by atoms with E-state index in [4.69, 9.17) is 5.11 Å². The number of nitrogens with zero attached hydrogens (tertiary/aromatic N) is 1. The molecule has 2 N–H and O–H groups in total. The molecule has 0 aromatic rings. The van der Waals surface area contributed by atoms with Crippen molar-refractivity contribution < 1.29 is 9.90 Å². The minimum absolute atomic E-state index is 0.0598. The summed E-state index contributed by atoms with van der Waals surface area (Å²) in [5, 5.41) is 11.7. The fraction of sp³-hybridized carbons (Fsp3) is 0.750. The molecule has 16 heavy (non-hydrogen) atoms. The van der Waals surface area contributed by atoms with Gasteiger partial charge in [-0.1, -0.05) is 6.08 Å². The fourth-order valence-electron chi connectivity index (χ4n) is 2.12. The van der Waals surface area contributed by atoms with Crippen LogP contribution in [0.25, 0.3) is 0 Å². The van der Waals surface area contributed by atoms with Crippen LogP contribution in [0.4, 0.5) is 0 Å². The number of nitrogens with one attached hydrogen (secondary N) is 1. The van der Waals surface area contributed by atoms with Crippen LogP contribution in [0.15, 0.2) is 12.7 Å². The lowest BCUT2D eigenvalue weighted by Crippen LogP contribution is -2.44. The summed E-state index contributed by atoms with van der Waals surface area (Å²) in [6.45, 7) is 8.14. The van der Waals surface area contributed by atoms with Crippen LogP contribution in [0, 0.1) is 5.92 Å². The van der Waals surface area contributed by atoms with Gasteiger partial charge in [-0.05, 0) is 32.2 Å². The molecule has 1 saturated heterocycles. The maximum absolute atomic E-state index is 11.7. The minimum atomic E-state index is -0.0800. The number of amides is 1. The first-order valence-electron chi connectivity index (χ1n) is 5.92. The van der Waals surface area contributed by atoms with Crippen molar-refractivity contribution in [2.75, 3.05) is 26.2 Å². The van der Waals surface area contributed by atoms with Gasteiger partial charge in [0.15, 0.2) is 0 Å². The maximum Gasteiger partial charge on any atom is 0.237 e. The van der Waals surface area contributed by atoms with Crippen molar-refractivity contribution in [3.05, 3.63) is 12.7 Å². The second-order valence-electron chi connectivity index (χ2n) is 4.37. The maximum atomic E-state index is 11.7. The van der Waals surface area contributed by atoms with Crippen molar-refractivity contribution in [1.29, 1.82) is 0 Å². The SMILES string of the molecule is C=CCNC(=O)C(C)N1CCC(CCO)C1. The average Bonchev–Trinajstić information content (AvgIpc) is 2.74. The zero-order valence-electron chi connectivity index (χ0n) is 9.98. The Morgan fingerprint density at radius 3 is 3.12 bits per heavy atom. The lowest BCUT2D eigenvalue weighted by Gasteiger charge is -2.23. The molecule has 0 bridgehead atoms. The monoisotopic (exact) mass is 226 g/mol. The first-order chi connectivity index (χ1) is 7.69. The van der Waals surface area contributed by atoms with E-state index in [-0.39, 0.29) is 18.6 Å². The van der Waals surface area contributed by atoms with Crippen LogP contribution in [0.2, 0.25) is 0 Å². The Labute approximate surface area is 97.3 Å². The number of carbonyl (C=O) groups is 1. The highest BCUT2D eigenvalue weighted by atomic mass is 16.3. The van der Waals surface area contributed by atoms with E-state index < -0.39 is 0 Å². The van der Waals surface area contributed by atoms with Gasteiger partial charge in [0.05, 0.1) is 6.04 Å². The number of likely N-dealkylation sites (tertiary alicyclic amines) is 1. The fourth-order valence-corrected chi connectivity index (χ4v) is 2.12. The van der Waals surface area contributed by atoms with Crippen LogP contribution in [0.3, 0.4) is 0 Å². The molecule has 0 radical (unpaired) electrons. The van der Waals surface area contributed by atoms with E-state index in [1.165, 1.54) is 0 Å². The van der Waals surface area contributed by atoms with E-state index in [1.807, 2.05) is 6.92 Å². The van der Waals surface area contributed by atoms with Gasteiger partial charge in [-0.3, -0.25) is 9.69 Å². The highest BCUT2D eigenvalue weighted by Gasteiger charge is 2.28. The van der Waals surface area contributed by atoms with E-state index in [9.17, 15) is 4.79 Å². The summed E-state index contributed by atoms with van der Waals surface area (Å²) in [5.74, 6) is 0.601. The molecule has 0 spiro atoms. The van der Waals surface area contributed by atoms with Gasteiger partial charge in [0.25, 0.3) is 0 Å². The topological polar surface area (TPSA) is 52.6 Å². The van der Waals surface area contributed by atoms with Crippen molar-refractivity contribution in [1.82, 2.24) is 10.2 Å². The number of hydrogen-bond donors (Lipinski definition) is 2. The van der Waals surface area contributed by atoms with Crippen LogP contribution in [0.5, 0.6) is 0 Å². The van der Waals surface area contributed by atoms with E-state index in [0.717, 1.165) is 25.9 Å². The summed E-state index contributed by atoms with van der Waals surface area (Å²) in [4.78, 5) is 13.9. The number of carbonyl (C=O) groups excluding carboxylic acids is 1. The summed E-state index contributed by atoms with van der Waals surface area (Å²) in [6.07, 6.45) is 3.61. The van der Waals surface area contributed by atoms with Gasteiger partial charge in [0, 0.05) is 19.7 Å². The van der Waals surface area contributed by atoms with Gasteiger partial charge in [0.2, 0.25) is 5.91 Å². The number of aliphatic hydroxyl groups is 1. The first-order valence-corrected chi connectivity index (χ1v) is 5.92. The van der Waals surface area contributed by atoms with Gasteiger partial charge >= 0.3 is 0 Å². The molecule has 1 aliphatic rings. The van der Waals surface area contributed by atoms with Gasteiger partial charge in [-0.25, -0.2) is 0 Å². The smallest absolute Gasteiger partial charge is 0.237 e. The lowest BCUT2D eigenvalue weighted by molar-refractivity contribution is -0.125. The van der Waals surface area contributed by atoms with Crippen molar-refractivity contribution >= 4 is 5.91 Å². The van der Waals surface area contributed by atoms with E-state index in [1.54, 1.807) is 6.08 Å². The zero-order chi connectivity index (χ0) is 12.0. The standard InChI is InChI=1S/C12H22N2O2/c1-3-6-13-12(16)10(2)14-7-4-11(9-14)5-8-15/h3,10-11,15H,1,4-9H2,2H3,(H,13,16). The Balaban J connectivity index is 2.34. The predicted molar refractivity (Wildman–Crippen MR) is 64.1 cm³/mol. The summed E-state index contributed by atoms with van der Waals surface area (Å²) < 4.78 is 0. The summed E-state index contributed by atoms with van der Waals surface area (Å²) >= 11 is 0. The second kappa shape index (κ2) is 6.66. The van der Waals surface area contributed by atoms with E-state index in [2.05, 4.69) is 16.8 Å². The van der Waals surface area contributed by atoms with E-state index in [0.29, 0.717) is 12.5 Å². The zero-order valence-corrected chi connectivity index (χ0v) is 9.98. The highest BCUT2D eigenvalue weighted by Crippen LogP contribution is 2.21. The molecule has 0 saturated carbocycles. The average molecular weight is 226 g/mol. The Kier molecular flexibility index (Phi) is 5.49. The molecular formula is C12H22N2O2. The largest absolute Gasteiger partial charge is 0.396 e. The van der Waals surface area contributed by atoms with Gasteiger partial charge in [0.1, 0.15) is 0 Å². The first kappa shape index (κ1) is 13.2. The quantitative estimate of drug-likeness (QED) is 0.644. The Hall–Kier alpha value is -0.870. The molecule has 1 aliphatic heterocycles. The third-order valence-corrected chi connectivity index (χ3v) is 3.20. The Morgan fingerprint density at radius 2 is 2.50 bits per heavy atom. The van der Waals surface area contributed by atoms with Gasteiger partial charge in [-0.2, -0.15) is 0 Å². The minimum Gasteiger partial charge on any atom is -0.396 e. The second-order valence-corrected chi connectivity index (χ2v) is 4.37. The molecule has 4 nitrogen and oxygen atoms in total. The molecular weight excluding hydrogens is 204 g/mol. The lowest BCUT2D eigenvalue weighted by atomic mass is 10.1. The molecule has 1 rings (SSSR count). The van der Waals surface area contributed by atoms with Gasteiger partial charge < -0.3 is 10.4 Å². The van der Waals surface area contributed by atoms with Gasteiger partial charge in [-0.15, -0.1) is 6.58 Å². The Morgan fingerprint density at radius 1 is 1.75 bits per heavy atom. The third kappa shape index (κ3) is 3.61. The Bertz CT molecular complexity index is 243. The molecule has 1 fully saturated rings. The van der Waals surface area contributed by atoms with Crippen LogP contribution in [0.1, 0.15) is 19.8 Å². The van der Waals surface area contributed by atoms with Crippen LogP contribution in [-0.2, 0) is 4.79 Å². The van der Waals surface area contributed by atoms with Crippen LogP contribution >= 0.6 is 0 Å². The van der Waals surface area contributed by atoms with Crippen LogP contribution < -0.4 is 5.32 Å². The molecule has 92 valence electrons. The third-order valence-electron chi connectivity index (χ3n) is 3.20. The normalized spacial score (nSPS) is 23.0. The molecule has 2 atom stereocenters. The van der Waals surface area contributed by atoms with Crippen molar-refractivity contribution in [2.24, 2.45) is 5.92 Å². The molecule has 0 aromatic heterocycles. The molecule has 4 heteroatoms. The summed E-state index contributed by atoms with van der Waals surface area (Å²) in [5.41, 5.74) is 0. The van der Waals surface area contributed by atoms with Crippen molar-refractivity contribution in [3.63, 3.8) is 0 Å². The molecule has 0 aromatic carbocycles. The summed E-state index contributed by atoms with van der Waals surface area (Å²) in [7, 11) is 0. The molecule has 1 amide bonds.